The van der Waals surface area contributed by atoms with Gasteiger partial charge in [-0.1, -0.05) is 41.4 Å². The molecule has 1 unspecified atom stereocenters. The number of ether oxygens (including phenoxy) is 2. The highest BCUT2D eigenvalue weighted by molar-refractivity contribution is 7.92. The molecule has 0 bridgehead atoms. The molecule has 0 fully saturated rings. The van der Waals surface area contributed by atoms with E-state index in [1.807, 2.05) is 26.0 Å². The van der Waals surface area contributed by atoms with E-state index < -0.39 is 22.5 Å². The summed E-state index contributed by atoms with van der Waals surface area (Å²) >= 11 is 6.26. The number of anilines is 1. The highest BCUT2D eigenvalue weighted by atomic mass is 35.5. The van der Waals surface area contributed by atoms with Crippen LogP contribution in [0.15, 0.2) is 71.6 Å². The molecule has 34 heavy (non-hydrogen) atoms. The average Bonchev–Trinajstić information content (AvgIpc) is 2.82. The summed E-state index contributed by atoms with van der Waals surface area (Å²) in [6.45, 7) is 3.26. The largest absolute Gasteiger partial charge is 0.497 e. The maximum atomic E-state index is 13.5. The number of rotatable bonds is 9. The molecule has 0 aliphatic heterocycles. The molecule has 3 aromatic carbocycles. The van der Waals surface area contributed by atoms with Crippen molar-refractivity contribution in [3.8, 4) is 11.5 Å². The lowest BCUT2D eigenvalue weighted by molar-refractivity contribution is -0.120. The maximum absolute atomic E-state index is 13.5. The van der Waals surface area contributed by atoms with Crippen LogP contribution in [-0.4, -0.2) is 35.1 Å². The van der Waals surface area contributed by atoms with Gasteiger partial charge in [-0.3, -0.25) is 9.10 Å². The molecule has 0 radical (unpaired) electrons. The summed E-state index contributed by atoms with van der Waals surface area (Å²) in [5, 5.41) is 3.09. The number of hydrogen-bond donors (Lipinski definition) is 1. The van der Waals surface area contributed by atoms with Crippen LogP contribution in [-0.2, 0) is 14.8 Å². The van der Waals surface area contributed by atoms with Crippen LogP contribution in [0.2, 0.25) is 5.02 Å². The lowest BCUT2D eigenvalue weighted by atomic mass is 10.1. The molecule has 0 aromatic heterocycles. The Morgan fingerprint density at radius 1 is 1.00 bits per heavy atom. The quantitative estimate of drug-likeness (QED) is 0.457. The molecule has 0 heterocycles. The fraction of sp³-hybridized carbons (Fsp3) is 0.240. The van der Waals surface area contributed by atoms with Crippen molar-refractivity contribution in [3.63, 3.8) is 0 Å². The number of nitrogens with zero attached hydrogens (tertiary/aromatic N) is 1. The van der Waals surface area contributed by atoms with Gasteiger partial charge in [0.25, 0.3) is 10.0 Å². The molecular formula is C25H27ClN2O5S. The number of aryl methyl sites for hydroxylation is 1. The zero-order valence-corrected chi connectivity index (χ0v) is 21.0. The zero-order chi connectivity index (χ0) is 24.9. The monoisotopic (exact) mass is 502 g/mol. The van der Waals surface area contributed by atoms with Crippen molar-refractivity contribution in [1.29, 1.82) is 0 Å². The number of hydrogen-bond acceptors (Lipinski definition) is 5. The van der Waals surface area contributed by atoms with Crippen LogP contribution in [0, 0.1) is 6.92 Å². The third-order valence-electron chi connectivity index (χ3n) is 5.31. The number of halogens is 1. The molecule has 180 valence electrons. The SMILES string of the molecule is COc1ccc(C(C)NC(=O)CN(c2ccc(OC)c(Cl)c2)S(=O)(=O)c2ccc(C)cc2)cc1. The second kappa shape index (κ2) is 10.8. The predicted octanol–water partition coefficient (Wildman–Crippen LogP) is 4.74. The van der Waals surface area contributed by atoms with Crippen LogP contribution in [0.4, 0.5) is 5.69 Å². The molecular weight excluding hydrogens is 476 g/mol. The molecule has 1 N–H and O–H groups in total. The van der Waals surface area contributed by atoms with Crippen molar-refractivity contribution >= 4 is 33.2 Å². The predicted molar refractivity (Wildman–Crippen MR) is 133 cm³/mol. The Hall–Kier alpha value is -3.23. The van der Waals surface area contributed by atoms with E-state index in [9.17, 15) is 13.2 Å². The Kier molecular flexibility index (Phi) is 8.06. The number of carbonyl (C=O) groups excluding carboxylic acids is 1. The van der Waals surface area contributed by atoms with Gasteiger partial charge in [-0.15, -0.1) is 0 Å². The number of methoxy groups -OCH3 is 2. The second-order valence-corrected chi connectivity index (χ2v) is 9.98. The minimum Gasteiger partial charge on any atom is -0.497 e. The smallest absolute Gasteiger partial charge is 0.264 e. The van der Waals surface area contributed by atoms with Crippen molar-refractivity contribution in [3.05, 3.63) is 82.9 Å². The van der Waals surface area contributed by atoms with Gasteiger partial charge in [0.15, 0.2) is 0 Å². The highest BCUT2D eigenvalue weighted by Crippen LogP contribution is 2.32. The van der Waals surface area contributed by atoms with Crippen LogP contribution < -0.4 is 19.1 Å². The summed E-state index contributed by atoms with van der Waals surface area (Å²) in [5.41, 5.74) is 2.03. The summed E-state index contributed by atoms with van der Waals surface area (Å²) < 4.78 is 38.4. The third kappa shape index (κ3) is 5.81. The van der Waals surface area contributed by atoms with Gasteiger partial charge in [0.1, 0.15) is 18.0 Å². The normalized spacial score (nSPS) is 12.0. The zero-order valence-electron chi connectivity index (χ0n) is 19.4. The van der Waals surface area contributed by atoms with Gasteiger partial charge >= 0.3 is 0 Å². The molecule has 7 nitrogen and oxygen atoms in total. The van der Waals surface area contributed by atoms with E-state index in [1.165, 1.54) is 25.3 Å². The first-order valence-corrected chi connectivity index (χ1v) is 12.3. The van der Waals surface area contributed by atoms with E-state index in [1.54, 1.807) is 43.5 Å². The minimum absolute atomic E-state index is 0.0704. The first-order chi connectivity index (χ1) is 16.1. The van der Waals surface area contributed by atoms with Gasteiger partial charge in [-0.05, 0) is 61.9 Å². The van der Waals surface area contributed by atoms with Gasteiger partial charge in [0, 0.05) is 0 Å². The van der Waals surface area contributed by atoms with Gasteiger partial charge < -0.3 is 14.8 Å². The Morgan fingerprint density at radius 3 is 2.21 bits per heavy atom. The molecule has 0 aliphatic rings. The summed E-state index contributed by atoms with van der Waals surface area (Å²) in [6, 6.07) is 18.0. The average molecular weight is 503 g/mol. The van der Waals surface area contributed by atoms with Gasteiger partial charge in [-0.2, -0.15) is 0 Å². The molecule has 0 aliphatic carbocycles. The molecule has 1 atom stereocenters. The van der Waals surface area contributed by atoms with Crippen molar-refractivity contribution in [2.45, 2.75) is 24.8 Å². The minimum atomic E-state index is -4.06. The number of nitrogens with one attached hydrogen (secondary N) is 1. The summed E-state index contributed by atoms with van der Waals surface area (Å²) in [4.78, 5) is 13.0. The highest BCUT2D eigenvalue weighted by Gasteiger charge is 2.28. The molecule has 0 spiro atoms. The fourth-order valence-corrected chi connectivity index (χ4v) is 5.02. The Balaban J connectivity index is 1.90. The van der Waals surface area contributed by atoms with Crippen LogP contribution in [0.25, 0.3) is 0 Å². The van der Waals surface area contributed by atoms with Gasteiger partial charge in [0.2, 0.25) is 5.91 Å². The first kappa shape index (κ1) is 25.4. The second-order valence-electron chi connectivity index (χ2n) is 7.71. The Labute approximate surface area is 205 Å². The van der Waals surface area contributed by atoms with E-state index in [-0.39, 0.29) is 21.6 Å². The Morgan fingerprint density at radius 2 is 1.65 bits per heavy atom. The van der Waals surface area contributed by atoms with Crippen molar-refractivity contribution in [2.24, 2.45) is 0 Å². The van der Waals surface area contributed by atoms with Crippen LogP contribution in [0.3, 0.4) is 0 Å². The van der Waals surface area contributed by atoms with Crippen LogP contribution in [0.1, 0.15) is 24.1 Å². The van der Waals surface area contributed by atoms with E-state index in [0.29, 0.717) is 11.5 Å². The molecule has 1 amide bonds. The van der Waals surface area contributed by atoms with Crippen molar-refractivity contribution < 1.29 is 22.7 Å². The van der Waals surface area contributed by atoms with Crippen molar-refractivity contribution in [1.82, 2.24) is 5.32 Å². The topological polar surface area (TPSA) is 84.9 Å². The first-order valence-electron chi connectivity index (χ1n) is 10.5. The lowest BCUT2D eigenvalue weighted by Gasteiger charge is -2.25. The number of carbonyl (C=O) groups is 1. The number of sulfonamides is 1. The molecule has 3 rings (SSSR count). The van der Waals surface area contributed by atoms with E-state index in [4.69, 9.17) is 21.1 Å². The van der Waals surface area contributed by atoms with Crippen LogP contribution >= 0.6 is 11.6 Å². The van der Waals surface area contributed by atoms with E-state index >= 15 is 0 Å². The fourth-order valence-electron chi connectivity index (χ4n) is 3.36. The van der Waals surface area contributed by atoms with Gasteiger partial charge in [0.05, 0.1) is 35.9 Å². The number of amides is 1. The van der Waals surface area contributed by atoms with E-state index in [0.717, 1.165) is 15.4 Å². The summed E-state index contributed by atoms with van der Waals surface area (Å²) in [7, 11) is -1.01. The maximum Gasteiger partial charge on any atom is 0.264 e. The Bertz CT molecular complexity index is 1250. The summed E-state index contributed by atoms with van der Waals surface area (Å²) in [6.07, 6.45) is 0. The molecule has 0 saturated carbocycles. The van der Waals surface area contributed by atoms with Gasteiger partial charge in [-0.25, -0.2) is 8.42 Å². The lowest BCUT2D eigenvalue weighted by Crippen LogP contribution is -2.41. The van der Waals surface area contributed by atoms with Crippen LogP contribution in [0.5, 0.6) is 11.5 Å². The third-order valence-corrected chi connectivity index (χ3v) is 7.40. The number of benzene rings is 3. The molecule has 3 aromatic rings. The van der Waals surface area contributed by atoms with E-state index in [2.05, 4.69) is 5.32 Å². The van der Waals surface area contributed by atoms with Crippen molar-refractivity contribution in [2.75, 3.05) is 25.1 Å². The summed E-state index contributed by atoms with van der Waals surface area (Å²) in [5.74, 6) is 0.635. The molecule has 0 saturated heterocycles. The molecule has 9 heteroatoms. The standard InChI is InChI=1S/C25H27ClN2O5S/c1-17-5-12-22(13-6-17)34(30,31)28(20-9-14-24(33-4)23(26)15-20)16-25(29)27-18(2)19-7-10-21(32-3)11-8-19/h5-15,18H,16H2,1-4H3,(H,27,29).